The molecule has 2 fully saturated rings. The summed E-state index contributed by atoms with van der Waals surface area (Å²) in [5.74, 6) is 3.86. The maximum atomic E-state index is 5.39. The molecule has 60 valence electrons. The van der Waals surface area contributed by atoms with Gasteiger partial charge in [-0.2, -0.15) is 0 Å². The molecule has 5 atom stereocenters. The molecule has 0 aliphatic heterocycles. The van der Waals surface area contributed by atoms with Crippen LogP contribution in [0.2, 0.25) is 0 Å². The number of hydrogen-bond acceptors (Lipinski definition) is 1. The number of ether oxygens (including phenoxy) is 1. The fraction of sp³-hybridized carbons (Fsp3) is 0.800. The lowest BCUT2D eigenvalue weighted by molar-refractivity contribution is -0.179. The van der Waals surface area contributed by atoms with E-state index in [0.29, 0.717) is 6.10 Å². The quantitative estimate of drug-likeness (QED) is 0.518. The van der Waals surface area contributed by atoms with Crippen molar-refractivity contribution in [1.82, 2.24) is 0 Å². The van der Waals surface area contributed by atoms with Gasteiger partial charge in [0.25, 0.3) is 0 Å². The van der Waals surface area contributed by atoms with Crippen LogP contribution in [0.5, 0.6) is 0 Å². The van der Waals surface area contributed by atoms with Crippen LogP contribution in [0.15, 0.2) is 12.2 Å². The third-order valence-corrected chi connectivity index (χ3v) is 3.99. The van der Waals surface area contributed by atoms with Crippen LogP contribution < -0.4 is 0 Å². The summed E-state index contributed by atoms with van der Waals surface area (Å²) in [4.78, 5) is 0. The Morgan fingerprint density at radius 2 is 2.27 bits per heavy atom. The van der Waals surface area contributed by atoms with Gasteiger partial charge in [-0.25, -0.2) is 0 Å². The van der Waals surface area contributed by atoms with Crippen molar-refractivity contribution in [2.45, 2.75) is 18.9 Å². The van der Waals surface area contributed by atoms with Crippen LogP contribution in [0.4, 0.5) is 0 Å². The zero-order valence-corrected chi connectivity index (χ0v) is 6.86. The minimum Gasteiger partial charge on any atom is -0.381 e. The second kappa shape index (κ2) is 1.89. The Morgan fingerprint density at radius 3 is 3.09 bits per heavy atom. The van der Waals surface area contributed by atoms with Crippen LogP contribution in [-0.2, 0) is 4.74 Å². The molecule has 2 saturated carbocycles. The van der Waals surface area contributed by atoms with Gasteiger partial charge in [0.15, 0.2) is 0 Å². The first-order valence-electron chi connectivity index (χ1n) is 4.61. The second-order valence-corrected chi connectivity index (χ2v) is 4.16. The Hall–Kier alpha value is -0.300. The molecule has 0 amide bonds. The molecule has 0 aromatic rings. The summed E-state index contributed by atoms with van der Waals surface area (Å²) in [5, 5.41) is 0. The summed E-state index contributed by atoms with van der Waals surface area (Å²) >= 11 is 0. The first-order chi connectivity index (χ1) is 5.42. The summed E-state index contributed by atoms with van der Waals surface area (Å²) in [7, 11) is 1.85. The zero-order chi connectivity index (χ0) is 7.42. The maximum Gasteiger partial charge on any atom is 0.0610 e. The Morgan fingerprint density at radius 1 is 1.36 bits per heavy atom. The number of allylic oxidation sites excluding steroid dienone is 2. The molecule has 0 aromatic carbocycles. The summed E-state index contributed by atoms with van der Waals surface area (Å²) in [6.45, 7) is 0. The molecule has 0 saturated heterocycles. The van der Waals surface area contributed by atoms with Crippen molar-refractivity contribution < 1.29 is 4.74 Å². The number of fused-ring (bicyclic) bond motifs is 4. The molecule has 1 heteroatoms. The van der Waals surface area contributed by atoms with Crippen molar-refractivity contribution in [1.29, 1.82) is 0 Å². The Bertz CT molecular complexity index is 209. The van der Waals surface area contributed by atoms with Gasteiger partial charge in [-0.1, -0.05) is 12.2 Å². The molecule has 0 bridgehead atoms. The molecule has 3 rings (SSSR count). The summed E-state index contributed by atoms with van der Waals surface area (Å²) in [5.41, 5.74) is 0. The lowest BCUT2D eigenvalue weighted by atomic mass is 9.46. The molecular weight excluding hydrogens is 136 g/mol. The highest BCUT2D eigenvalue weighted by molar-refractivity contribution is 5.20. The highest BCUT2D eigenvalue weighted by Crippen LogP contribution is 2.62. The van der Waals surface area contributed by atoms with Gasteiger partial charge in [-0.15, -0.1) is 0 Å². The van der Waals surface area contributed by atoms with Gasteiger partial charge in [0, 0.05) is 7.11 Å². The Kier molecular flexibility index (Phi) is 1.07. The minimum atomic E-state index is 0.601. The molecule has 11 heavy (non-hydrogen) atoms. The monoisotopic (exact) mass is 150 g/mol. The molecule has 3 aliphatic rings. The predicted molar refractivity (Wildman–Crippen MR) is 43.1 cm³/mol. The van der Waals surface area contributed by atoms with Gasteiger partial charge < -0.3 is 4.74 Å². The van der Waals surface area contributed by atoms with Gasteiger partial charge in [0.1, 0.15) is 0 Å². The SMILES string of the molecule is COC1CC2C3CC=CC3C12. The third kappa shape index (κ3) is 0.572. The molecule has 5 unspecified atom stereocenters. The van der Waals surface area contributed by atoms with E-state index < -0.39 is 0 Å². The smallest absolute Gasteiger partial charge is 0.0610 e. The van der Waals surface area contributed by atoms with E-state index in [1.54, 1.807) is 0 Å². The molecular formula is C10H14O. The van der Waals surface area contributed by atoms with Crippen molar-refractivity contribution >= 4 is 0 Å². The largest absolute Gasteiger partial charge is 0.381 e. The van der Waals surface area contributed by atoms with Gasteiger partial charge >= 0.3 is 0 Å². The molecule has 0 N–H and O–H groups in total. The van der Waals surface area contributed by atoms with Crippen molar-refractivity contribution in [3.8, 4) is 0 Å². The average molecular weight is 150 g/mol. The van der Waals surface area contributed by atoms with Crippen molar-refractivity contribution in [2.75, 3.05) is 7.11 Å². The zero-order valence-electron chi connectivity index (χ0n) is 6.86. The fourth-order valence-electron chi connectivity index (χ4n) is 3.33. The van der Waals surface area contributed by atoms with Crippen LogP contribution in [0.1, 0.15) is 12.8 Å². The highest BCUT2D eigenvalue weighted by atomic mass is 16.5. The molecule has 3 aliphatic carbocycles. The number of hydrogen-bond donors (Lipinski definition) is 0. The van der Waals surface area contributed by atoms with E-state index in [0.717, 1.165) is 23.7 Å². The van der Waals surface area contributed by atoms with E-state index >= 15 is 0 Å². The van der Waals surface area contributed by atoms with Crippen LogP contribution in [0.3, 0.4) is 0 Å². The van der Waals surface area contributed by atoms with Crippen molar-refractivity contribution in [3.63, 3.8) is 0 Å². The molecule has 0 radical (unpaired) electrons. The predicted octanol–water partition coefficient (Wildman–Crippen LogP) is 1.84. The van der Waals surface area contributed by atoms with Crippen molar-refractivity contribution in [3.05, 3.63) is 12.2 Å². The lowest BCUT2D eigenvalue weighted by Crippen LogP contribution is -2.60. The standard InChI is InChI=1S/C10H14O/c1-11-9-5-8-6-3-2-4-7(6)10(8)9/h2,4,6-10H,3,5H2,1H3. The van der Waals surface area contributed by atoms with E-state index in [4.69, 9.17) is 4.74 Å². The molecule has 0 heterocycles. The number of rotatable bonds is 1. The fourth-order valence-corrected chi connectivity index (χ4v) is 3.33. The van der Waals surface area contributed by atoms with Crippen LogP contribution in [0.25, 0.3) is 0 Å². The normalized spacial score (nSPS) is 57.7. The first-order valence-corrected chi connectivity index (χ1v) is 4.61. The molecule has 0 spiro atoms. The average Bonchev–Trinajstić information content (AvgIpc) is 2.33. The van der Waals surface area contributed by atoms with E-state index in [2.05, 4.69) is 12.2 Å². The molecule has 1 nitrogen and oxygen atoms in total. The van der Waals surface area contributed by atoms with Crippen LogP contribution in [-0.4, -0.2) is 13.2 Å². The van der Waals surface area contributed by atoms with E-state index in [1.165, 1.54) is 12.8 Å². The third-order valence-electron chi connectivity index (χ3n) is 3.99. The summed E-state index contributed by atoms with van der Waals surface area (Å²) in [6.07, 6.45) is 8.06. The Balaban J connectivity index is 1.77. The maximum absolute atomic E-state index is 5.39. The van der Waals surface area contributed by atoms with Gasteiger partial charge in [-0.05, 0) is 36.5 Å². The number of methoxy groups -OCH3 is 1. The van der Waals surface area contributed by atoms with E-state index in [1.807, 2.05) is 7.11 Å². The second-order valence-electron chi connectivity index (χ2n) is 4.16. The minimum absolute atomic E-state index is 0.601. The van der Waals surface area contributed by atoms with E-state index in [-0.39, 0.29) is 0 Å². The summed E-state index contributed by atoms with van der Waals surface area (Å²) in [6, 6.07) is 0. The molecule has 0 aromatic heterocycles. The van der Waals surface area contributed by atoms with Gasteiger partial charge in [-0.3, -0.25) is 0 Å². The Labute approximate surface area is 67.4 Å². The van der Waals surface area contributed by atoms with Crippen molar-refractivity contribution in [2.24, 2.45) is 23.7 Å². The van der Waals surface area contributed by atoms with Crippen LogP contribution >= 0.6 is 0 Å². The topological polar surface area (TPSA) is 9.23 Å². The summed E-state index contributed by atoms with van der Waals surface area (Å²) < 4.78 is 5.39. The van der Waals surface area contributed by atoms with E-state index in [9.17, 15) is 0 Å². The lowest BCUT2D eigenvalue weighted by Gasteiger charge is -2.60. The van der Waals surface area contributed by atoms with Gasteiger partial charge in [0.05, 0.1) is 6.10 Å². The van der Waals surface area contributed by atoms with Crippen LogP contribution in [0, 0.1) is 23.7 Å². The highest BCUT2D eigenvalue weighted by Gasteiger charge is 2.60. The van der Waals surface area contributed by atoms with Gasteiger partial charge in [0.2, 0.25) is 0 Å². The first kappa shape index (κ1) is 6.24.